The molecule has 0 aromatic heterocycles. The van der Waals surface area contributed by atoms with E-state index in [1.807, 2.05) is 13.0 Å². The van der Waals surface area contributed by atoms with E-state index in [9.17, 15) is 4.39 Å². The summed E-state index contributed by atoms with van der Waals surface area (Å²) < 4.78 is 19.5. The van der Waals surface area contributed by atoms with Crippen LogP contribution >= 0.6 is 15.9 Å². The Kier molecular flexibility index (Phi) is 3.63. The zero-order valence-electron chi connectivity index (χ0n) is 9.58. The number of benzene rings is 2. The number of rotatable bonds is 2. The van der Waals surface area contributed by atoms with Gasteiger partial charge < -0.3 is 4.74 Å². The summed E-state index contributed by atoms with van der Waals surface area (Å²) in [6, 6.07) is 11.4. The van der Waals surface area contributed by atoms with E-state index in [1.54, 1.807) is 24.3 Å². The molecule has 0 heterocycles. The number of halogens is 2. The summed E-state index contributed by atoms with van der Waals surface area (Å²) >= 11 is 3.29. The monoisotopic (exact) mass is 305 g/mol. The third-order valence-electron chi connectivity index (χ3n) is 2.38. The Morgan fingerprint density at radius 1 is 1.22 bits per heavy atom. The van der Waals surface area contributed by atoms with Crippen molar-refractivity contribution in [2.45, 2.75) is 6.92 Å². The van der Waals surface area contributed by atoms with E-state index in [1.165, 1.54) is 12.1 Å². The Balaban J connectivity index is 2.37. The highest BCUT2D eigenvalue weighted by Gasteiger charge is 2.05. The minimum atomic E-state index is -0.355. The number of nitrogens with zero attached hydrogens (tertiary/aromatic N) is 1. The van der Waals surface area contributed by atoms with Crippen molar-refractivity contribution in [1.82, 2.24) is 0 Å². The molecule has 2 nitrogen and oxygen atoms in total. The first-order chi connectivity index (χ1) is 8.58. The van der Waals surface area contributed by atoms with Gasteiger partial charge in [-0.05, 0) is 36.8 Å². The van der Waals surface area contributed by atoms with Gasteiger partial charge in [0.05, 0.1) is 11.6 Å². The Morgan fingerprint density at radius 2 is 2.00 bits per heavy atom. The lowest BCUT2D eigenvalue weighted by Gasteiger charge is -2.09. The third kappa shape index (κ3) is 2.88. The fourth-order valence-electron chi connectivity index (χ4n) is 1.50. The van der Waals surface area contributed by atoms with Crippen LogP contribution in [0.1, 0.15) is 11.1 Å². The van der Waals surface area contributed by atoms with Gasteiger partial charge >= 0.3 is 0 Å². The minimum absolute atomic E-state index is 0.355. The summed E-state index contributed by atoms with van der Waals surface area (Å²) in [5.74, 6) is 0.581. The van der Waals surface area contributed by atoms with Crippen molar-refractivity contribution in [2.75, 3.05) is 0 Å². The number of aryl methyl sites for hydroxylation is 1. The first kappa shape index (κ1) is 12.6. The average molecular weight is 306 g/mol. The Labute approximate surface area is 113 Å². The molecule has 0 aliphatic heterocycles. The predicted octanol–water partition coefficient (Wildman–Crippen LogP) is 4.56. The van der Waals surface area contributed by atoms with Crippen LogP contribution in [-0.2, 0) is 0 Å². The van der Waals surface area contributed by atoms with Gasteiger partial charge in [-0.3, -0.25) is 0 Å². The van der Waals surface area contributed by atoms with Crippen molar-refractivity contribution >= 4 is 15.9 Å². The summed E-state index contributed by atoms with van der Waals surface area (Å²) in [5, 5.41) is 8.86. The Hall–Kier alpha value is -1.86. The maximum atomic E-state index is 13.1. The van der Waals surface area contributed by atoms with Crippen LogP contribution in [0.4, 0.5) is 4.39 Å². The SMILES string of the molecule is Cc1ccc(F)cc1Oc1cc(Br)cc(C#N)c1. The summed E-state index contributed by atoms with van der Waals surface area (Å²) in [7, 11) is 0. The molecule has 0 spiro atoms. The molecule has 4 heteroatoms. The Bertz CT molecular complexity index is 634. The lowest BCUT2D eigenvalue weighted by molar-refractivity contribution is 0.472. The summed E-state index contributed by atoms with van der Waals surface area (Å²) in [4.78, 5) is 0. The van der Waals surface area contributed by atoms with Crippen LogP contribution in [0.25, 0.3) is 0 Å². The lowest BCUT2D eigenvalue weighted by Crippen LogP contribution is -1.90. The molecule has 0 aliphatic rings. The smallest absolute Gasteiger partial charge is 0.133 e. The van der Waals surface area contributed by atoms with Gasteiger partial charge in [0.1, 0.15) is 17.3 Å². The van der Waals surface area contributed by atoms with E-state index in [2.05, 4.69) is 15.9 Å². The summed E-state index contributed by atoms with van der Waals surface area (Å²) in [5.41, 5.74) is 1.31. The highest BCUT2D eigenvalue weighted by molar-refractivity contribution is 9.10. The largest absolute Gasteiger partial charge is 0.457 e. The molecule has 0 N–H and O–H groups in total. The molecule has 0 amide bonds. The molecule has 2 rings (SSSR count). The molecule has 0 bridgehead atoms. The van der Waals surface area contributed by atoms with Gasteiger partial charge in [0.15, 0.2) is 0 Å². The molecule has 0 radical (unpaired) electrons. The third-order valence-corrected chi connectivity index (χ3v) is 2.84. The standard InChI is InChI=1S/C14H9BrFNO/c1-9-2-3-12(16)7-14(9)18-13-5-10(8-17)4-11(15)6-13/h2-7H,1H3. The molecule has 2 aromatic rings. The molecule has 0 fully saturated rings. The lowest BCUT2D eigenvalue weighted by atomic mass is 10.2. The maximum absolute atomic E-state index is 13.1. The second kappa shape index (κ2) is 5.19. The van der Waals surface area contributed by atoms with Crippen molar-refractivity contribution in [3.8, 4) is 17.6 Å². The van der Waals surface area contributed by atoms with Crippen LogP contribution in [0.3, 0.4) is 0 Å². The quantitative estimate of drug-likeness (QED) is 0.815. The van der Waals surface area contributed by atoms with Crippen LogP contribution in [0.15, 0.2) is 40.9 Å². The van der Waals surface area contributed by atoms with Gasteiger partial charge in [-0.25, -0.2) is 4.39 Å². The van der Waals surface area contributed by atoms with E-state index in [4.69, 9.17) is 10.00 Å². The fraction of sp³-hybridized carbons (Fsp3) is 0.0714. The number of hydrogen-bond donors (Lipinski definition) is 0. The van der Waals surface area contributed by atoms with Crippen LogP contribution in [0.5, 0.6) is 11.5 Å². The maximum Gasteiger partial charge on any atom is 0.133 e. The van der Waals surface area contributed by atoms with Gasteiger partial charge in [0.25, 0.3) is 0 Å². The van der Waals surface area contributed by atoms with Crippen molar-refractivity contribution < 1.29 is 9.13 Å². The molecule has 0 aliphatic carbocycles. The van der Waals surface area contributed by atoms with Crippen LogP contribution in [0.2, 0.25) is 0 Å². The number of hydrogen-bond acceptors (Lipinski definition) is 2. The molecule has 0 atom stereocenters. The molecule has 0 unspecified atom stereocenters. The van der Waals surface area contributed by atoms with Crippen molar-refractivity contribution in [2.24, 2.45) is 0 Å². The minimum Gasteiger partial charge on any atom is -0.457 e. The molecule has 0 saturated carbocycles. The first-order valence-corrected chi connectivity index (χ1v) is 6.02. The van der Waals surface area contributed by atoms with Crippen LogP contribution in [0, 0.1) is 24.1 Å². The van der Waals surface area contributed by atoms with E-state index in [-0.39, 0.29) is 5.82 Å². The van der Waals surface area contributed by atoms with E-state index < -0.39 is 0 Å². The molecule has 0 saturated heterocycles. The molecule has 2 aromatic carbocycles. The van der Waals surface area contributed by atoms with Crippen molar-refractivity contribution in [1.29, 1.82) is 5.26 Å². The van der Waals surface area contributed by atoms with E-state index in [0.29, 0.717) is 17.1 Å². The van der Waals surface area contributed by atoms with E-state index >= 15 is 0 Å². The van der Waals surface area contributed by atoms with Crippen LogP contribution in [-0.4, -0.2) is 0 Å². The average Bonchev–Trinajstić information content (AvgIpc) is 2.33. The molecule has 90 valence electrons. The van der Waals surface area contributed by atoms with Gasteiger partial charge in [-0.1, -0.05) is 22.0 Å². The van der Waals surface area contributed by atoms with Gasteiger partial charge in [-0.15, -0.1) is 0 Å². The van der Waals surface area contributed by atoms with Crippen molar-refractivity contribution in [3.05, 3.63) is 57.8 Å². The zero-order chi connectivity index (χ0) is 13.1. The predicted molar refractivity (Wildman–Crippen MR) is 70.1 cm³/mol. The van der Waals surface area contributed by atoms with Gasteiger partial charge in [0.2, 0.25) is 0 Å². The first-order valence-electron chi connectivity index (χ1n) is 5.23. The van der Waals surface area contributed by atoms with Gasteiger partial charge in [-0.2, -0.15) is 5.26 Å². The molecular formula is C14H9BrFNO. The van der Waals surface area contributed by atoms with Gasteiger partial charge in [0, 0.05) is 10.5 Å². The van der Waals surface area contributed by atoms with E-state index in [0.717, 1.165) is 10.0 Å². The molecule has 18 heavy (non-hydrogen) atoms. The number of ether oxygens (including phenoxy) is 1. The zero-order valence-corrected chi connectivity index (χ0v) is 11.2. The second-order valence-corrected chi connectivity index (χ2v) is 4.71. The normalized spacial score (nSPS) is 9.89. The summed E-state index contributed by atoms with van der Waals surface area (Å²) in [6.45, 7) is 1.83. The second-order valence-electron chi connectivity index (χ2n) is 3.80. The molecular weight excluding hydrogens is 297 g/mol. The fourth-order valence-corrected chi connectivity index (χ4v) is 1.97. The Morgan fingerprint density at radius 3 is 2.72 bits per heavy atom. The highest BCUT2D eigenvalue weighted by Crippen LogP contribution is 2.28. The van der Waals surface area contributed by atoms with Crippen molar-refractivity contribution in [3.63, 3.8) is 0 Å². The topological polar surface area (TPSA) is 33.0 Å². The number of nitriles is 1. The van der Waals surface area contributed by atoms with Crippen LogP contribution < -0.4 is 4.74 Å². The summed E-state index contributed by atoms with van der Waals surface area (Å²) in [6.07, 6.45) is 0. The highest BCUT2D eigenvalue weighted by atomic mass is 79.9.